The molecule has 0 saturated heterocycles. The quantitative estimate of drug-likeness (QED) is 0.502. The molecule has 2 aromatic rings. The van der Waals surface area contributed by atoms with Crippen LogP contribution in [0.15, 0.2) is 59.1 Å². The number of hydrogen-bond acceptors (Lipinski definition) is 8. The molecule has 1 heterocycles. The Morgan fingerprint density at radius 1 is 1.11 bits per heavy atom. The number of carbonyl (C=O) groups excluding carboxylic acids is 2. The van der Waals surface area contributed by atoms with E-state index in [1.54, 1.807) is 19.1 Å². The highest BCUT2D eigenvalue weighted by atomic mass is 19.4. The number of hydrogen-bond donors (Lipinski definition) is 2. The van der Waals surface area contributed by atoms with Crippen LogP contribution in [0.25, 0.3) is 5.70 Å². The number of amides is 1. The van der Waals surface area contributed by atoms with Crippen molar-refractivity contribution >= 4 is 29.4 Å². The van der Waals surface area contributed by atoms with E-state index in [2.05, 4.69) is 20.6 Å². The number of hydrazine groups is 1. The summed E-state index contributed by atoms with van der Waals surface area (Å²) in [7, 11) is 2.30. The molecule has 2 aromatic carbocycles. The van der Waals surface area contributed by atoms with Crippen molar-refractivity contribution in [2.45, 2.75) is 19.1 Å². The van der Waals surface area contributed by atoms with Gasteiger partial charge in [0.1, 0.15) is 0 Å². The number of guanidine groups is 1. The van der Waals surface area contributed by atoms with Gasteiger partial charge in [-0.2, -0.15) is 18.4 Å². The number of aliphatic imine (C=N–C) groups is 1. The van der Waals surface area contributed by atoms with Crippen LogP contribution in [0.4, 0.5) is 23.7 Å². The Bertz CT molecular complexity index is 1230. The predicted molar refractivity (Wildman–Crippen MR) is 120 cm³/mol. The van der Waals surface area contributed by atoms with E-state index in [-0.39, 0.29) is 22.9 Å². The van der Waals surface area contributed by atoms with E-state index in [1.165, 1.54) is 36.3 Å². The molecule has 0 saturated carbocycles. The van der Waals surface area contributed by atoms with Gasteiger partial charge in [0.2, 0.25) is 5.96 Å². The minimum Gasteiger partial charge on any atom is -0.466 e. The Morgan fingerprint density at radius 2 is 1.80 bits per heavy atom. The zero-order valence-corrected chi connectivity index (χ0v) is 18.8. The number of methoxy groups -OCH3 is 2. The number of nitrogens with zero attached hydrogens (tertiary/aromatic N) is 3. The third kappa shape index (κ3) is 5.35. The molecule has 35 heavy (non-hydrogen) atoms. The lowest BCUT2D eigenvalue weighted by atomic mass is 9.97. The van der Waals surface area contributed by atoms with Gasteiger partial charge in [0.05, 0.1) is 48.7 Å². The van der Waals surface area contributed by atoms with Gasteiger partial charge in [-0.25, -0.2) is 20.0 Å². The molecular formula is C23H20F3N5O4. The molecule has 12 heteroatoms. The van der Waals surface area contributed by atoms with Crippen molar-refractivity contribution in [2.24, 2.45) is 4.99 Å². The number of rotatable bonds is 3. The van der Waals surface area contributed by atoms with E-state index in [1.807, 2.05) is 6.07 Å². The smallest absolute Gasteiger partial charge is 0.425 e. The first-order chi connectivity index (χ1) is 16.6. The van der Waals surface area contributed by atoms with Gasteiger partial charge in [0.15, 0.2) is 0 Å². The molecule has 9 nitrogen and oxygen atoms in total. The lowest BCUT2D eigenvalue weighted by molar-refractivity contribution is -0.138. The third-order valence-electron chi connectivity index (χ3n) is 5.11. The Kier molecular flexibility index (Phi) is 7.29. The molecule has 3 rings (SSSR count). The molecular weight excluding hydrogens is 467 g/mol. The molecule has 0 aliphatic carbocycles. The average Bonchev–Trinajstić information content (AvgIpc) is 2.86. The second-order valence-corrected chi connectivity index (χ2v) is 7.21. The average molecular weight is 487 g/mol. The van der Waals surface area contributed by atoms with E-state index in [4.69, 9.17) is 10.00 Å². The number of alkyl halides is 3. The molecule has 0 radical (unpaired) electrons. The van der Waals surface area contributed by atoms with Crippen LogP contribution in [0, 0.1) is 11.3 Å². The van der Waals surface area contributed by atoms with Crippen molar-refractivity contribution in [3.05, 3.63) is 70.8 Å². The lowest BCUT2D eigenvalue weighted by Crippen LogP contribution is -2.55. The maximum Gasteiger partial charge on any atom is 0.425 e. The second-order valence-electron chi connectivity index (χ2n) is 7.21. The maximum atomic E-state index is 13.4. The largest absolute Gasteiger partial charge is 0.466 e. The molecule has 0 aromatic heterocycles. The van der Waals surface area contributed by atoms with Crippen molar-refractivity contribution in [1.29, 1.82) is 5.26 Å². The van der Waals surface area contributed by atoms with Crippen LogP contribution >= 0.6 is 0 Å². The Hall–Kier alpha value is -4.53. The highest BCUT2D eigenvalue weighted by Gasteiger charge is 2.37. The topological polar surface area (TPSA) is 116 Å². The van der Waals surface area contributed by atoms with Crippen molar-refractivity contribution in [2.75, 3.05) is 19.1 Å². The monoisotopic (exact) mass is 487 g/mol. The first-order valence-corrected chi connectivity index (χ1v) is 10.1. The summed E-state index contributed by atoms with van der Waals surface area (Å²) in [5.74, 6) is -0.841. The maximum absolute atomic E-state index is 13.4. The van der Waals surface area contributed by atoms with E-state index >= 15 is 0 Å². The molecule has 0 unspecified atom stereocenters. The van der Waals surface area contributed by atoms with E-state index < -0.39 is 29.8 Å². The number of anilines is 1. The Balaban J connectivity index is 2.21. The molecule has 0 fully saturated rings. The molecule has 0 spiro atoms. The number of nitriles is 1. The van der Waals surface area contributed by atoms with Crippen LogP contribution < -0.4 is 15.8 Å². The number of esters is 1. The summed E-state index contributed by atoms with van der Waals surface area (Å²) in [6, 6.07) is 11.7. The van der Waals surface area contributed by atoms with E-state index in [0.29, 0.717) is 11.1 Å². The second kappa shape index (κ2) is 10.2. The number of carbonyl (C=O) groups is 2. The van der Waals surface area contributed by atoms with Gasteiger partial charge >= 0.3 is 18.2 Å². The van der Waals surface area contributed by atoms with Crippen molar-refractivity contribution in [1.82, 2.24) is 10.9 Å². The molecule has 1 aliphatic rings. The summed E-state index contributed by atoms with van der Waals surface area (Å²) >= 11 is 0. The van der Waals surface area contributed by atoms with Crippen LogP contribution in [0.1, 0.15) is 23.6 Å². The van der Waals surface area contributed by atoms with Crippen LogP contribution in [0.2, 0.25) is 0 Å². The molecule has 182 valence electrons. The fraction of sp³-hybridized carbons (Fsp3) is 0.217. The number of ether oxygens (including phenoxy) is 2. The Morgan fingerprint density at radius 3 is 2.37 bits per heavy atom. The van der Waals surface area contributed by atoms with Crippen molar-refractivity contribution in [3.63, 3.8) is 0 Å². The SMILES string of the molecule is COC(=O)NNC1=NC(c2ccc(C#N)cc2)=C(C(=O)OC)[C@@H](C)N1c1cccc(C(F)(F)F)c1. The van der Waals surface area contributed by atoms with Crippen molar-refractivity contribution in [3.8, 4) is 6.07 Å². The van der Waals surface area contributed by atoms with Gasteiger partial charge in [-0.05, 0) is 37.3 Å². The van der Waals surface area contributed by atoms with Gasteiger partial charge in [-0.1, -0.05) is 18.2 Å². The Labute approximate surface area is 198 Å². The zero-order chi connectivity index (χ0) is 25.8. The number of halogens is 3. The fourth-order valence-electron chi connectivity index (χ4n) is 3.45. The minimum atomic E-state index is -4.61. The van der Waals surface area contributed by atoms with E-state index in [9.17, 15) is 22.8 Å². The first kappa shape index (κ1) is 25.1. The fourth-order valence-corrected chi connectivity index (χ4v) is 3.45. The summed E-state index contributed by atoms with van der Waals surface area (Å²) in [5, 5.41) is 9.07. The van der Waals surface area contributed by atoms with E-state index in [0.717, 1.165) is 19.2 Å². The molecule has 0 bridgehead atoms. The van der Waals surface area contributed by atoms with Crippen molar-refractivity contribution < 1.29 is 32.2 Å². The molecule has 1 atom stereocenters. The molecule has 1 amide bonds. The van der Waals surface area contributed by atoms with Gasteiger partial charge in [-0.3, -0.25) is 5.43 Å². The summed E-state index contributed by atoms with van der Waals surface area (Å²) < 4.78 is 49.6. The summed E-state index contributed by atoms with van der Waals surface area (Å²) in [4.78, 5) is 30.2. The highest BCUT2D eigenvalue weighted by molar-refractivity contribution is 6.10. The van der Waals surface area contributed by atoms with Crippen LogP contribution in [0.5, 0.6) is 0 Å². The van der Waals surface area contributed by atoms with Crippen LogP contribution in [-0.4, -0.2) is 38.3 Å². The summed E-state index contributed by atoms with van der Waals surface area (Å²) in [6.07, 6.45) is -5.49. The number of benzene rings is 2. The van der Waals surface area contributed by atoms with Gasteiger partial charge in [0.25, 0.3) is 0 Å². The van der Waals surface area contributed by atoms with Gasteiger partial charge in [-0.15, -0.1) is 0 Å². The highest BCUT2D eigenvalue weighted by Crippen LogP contribution is 2.36. The molecule has 2 N–H and O–H groups in total. The lowest BCUT2D eigenvalue weighted by Gasteiger charge is -2.37. The summed E-state index contributed by atoms with van der Waals surface area (Å²) in [5.41, 5.74) is 4.92. The zero-order valence-electron chi connectivity index (χ0n) is 18.8. The van der Waals surface area contributed by atoms with Crippen LogP contribution in [0.3, 0.4) is 0 Å². The number of nitrogens with one attached hydrogen (secondary N) is 2. The normalized spacial score (nSPS) is 15.6. The minimum absolute atomic E-state index is 0.0468. The molecule has 1 aliphatic heterocycles. The van der Waals surface area contributed by atoms with Gasteiger partial charge < -0.3 is 14.4 Å². The van der Waals surface area contributed by atoms with Gasteiger partial charge in [0, 0.05) is 11.3 Å². The van der Waals surface area contributed by atoms with Crippen LogP contribution in [-0.2, 0) is 20.4 Å². The predicted octanol–water partition coefficient (Wildman–Crippen LogP) is 3.59. The summed E-state index contributed by atoms with van der Waals surface area (Å²) in [6.45, 7) is 1.57. The standard InChI is InChI=1S/C23H20F3N5O4/c1-13-18(20(32)34-2)19(15-9-7-14(12-27)8-10-15)28-21(29-30-22(33)35-3)31(13)17-6-4-5-16(11-17)23(24,25)26/h4-11,13H,1-3H3,(H,28,29)(H,30,33)/t13-/m1/s1. The first-order valence-electron chi connectivity index (χ1n) is 10.1. The third-order valence-corrected chi connectivity index (χ3v) is 5.11.